The number of anilines is 3. The molecule has 10 heteroatoms. The van der Waals surface area contributed by atoms with E-state index in [-0.39, 0.29) is 12.1 Å². The fraction of sp³-hybridized carbons (Fsp3) is 0.267. The van der Waals surface area contributed by atoms with E-state index in [0.29, 0.717) is 30.2 Å². The zero-order valence-electron chi connectivity index (χ0n) is 22.0. The Morgan fingerprint density at radius 2 is 1.65 bits per heavy atom. The third-order valence-electron chi connectivity index (χ3n) is 7.12. The summed E-state index contributed by atoms with van der Waals surface area (Å²) in [5.41, 5.74) is 2.78. The standard InChI is InChI=1S/C30H29FN4O5/c1-20(29(38)32-23-10-12-24(13-11-23)33-14-16-40-17-15-33)34(18-21-6-8-22(31)9-7-21)27(36)19-35-26-5-3-2-4-25(26)28(37)30(35)39/h2-13,20H,14-19H2,1H3,(H,32,38). The number of benzene rings is 3. The number of nitrogens with one attached hydrogen (secondary N) is 1. The molecule has 2 aliphatic heterocycles. The molecule has 9 nitrogen and oxygen atoms in total. The molecule has 206 valence electrons. The lowest BCUT2D eigenvalue weighted by atomic mass is 10.1. The molecule has 3 amide bonds. The van der Waals surface area contributed by atoms with Crippen LogP contribution in [0.1, 0.15) is 22.8 Å². The molecule has 1 fully saturated rings. The van der Waals surface area contributed by atoms with E-state index in [0.717, 1.165) is 23.7 Å². The number of nitrogens with zero attached hydrogens (tertiary/aromatic N) is 3. The van der Waals surface area contributed by atoms with Gasteiger partial charge in [0.25, 0.3) is 11.7 Å². The van der Waals surface area contributed by atoms with E-state index in [9.17, 15) is 23.6 Å². The maximum atomic E-state index is 13.6. The van der Waals surface area contributed by atoms with Crippen LogP contribution in [0.4, 0.5) is 21.5 Å². The van der Waals surface area contributed by atoms with Crippen molar-refractivity contribution >= 4 is 40.6 Å². The van der Waals surface area contributed by atoms with Crippen molar-refractivity contribution in [2.75, 3.05) is 48.0 Å². The van der Waals surface area contributed by atoms with E-state index in [1.54, 1.807) is 37.3 Å². The van der Waals surface area contributed by atoms with E-state index < -0.39 is 41.9 Å². The molecule has 40 heavy (non-hydrogen) atoms. The molecule has 0 saturated carbocycles. The van der Waals surface area contributed by atoms with Gasteiger partial charge in [-0.1, -0.05) is 24.3 Å². The zero-order chi connectivity index (χ0) is 28.2. The van der Waals surface area contributed by atoms with E-state index in [2.05, 4.69) is 10.2 Å². The van der Waals surface area contributed by atoms with Gasteiger partial charge >= 0.3 is 0 Å². The lowest BCUT2D eigenvalue weighted by molar-refractivity contribution is -0.138. The van der Waals surface area contributed by atoms with Gasteiger partial charge in [0.1, 0.15) is 18.4 Å². The summed E-state index contributed by atoms with van der Waals surface area (Å²) >= 11 is 0. The lowest BCUT2D eigenvalue weighted by Gasteiger charge is -2.30. The molecule has 3 aromatic carbocycles. The molecule has 3 aromatic rings. The number of morpholine rings is 1. The summed E-state index contributed by atoms with van der Waals surface area (Å²) in [5.74, 6) is -2.87. The van der Waals surface area contributed by atoms with Gasteiger partial charge in [0.05, 0.1) is 24.5 Å². The molecule has 0 aromatic heterocycles. The Morgan fingerprint density at radius 3 is 2.35 bits per heavy atom. The Bertz CT molecular complexity index is 1420. The summed E-state index contributed by atoms with van der Waals surface area (Å²) in [4.78, 5) is 56.7. The molecule has 0 bridgehead atoms. The van der Waals surface area contributed by atoms with Crippen LogP contribution in [0.15, 0.2) is 72.8 Å². The minimum atomic E-state index is -0.944. The maximum absolute atomic E-state index is 13.6. The van der Waals surface area contributed by atoms with Crippen molar-refractivity contribution in [3.63, 3.8) is 0 Å². The topological polar surface area (TPSA) is 99.3 Å². The molecule has 2 aliphatic rings. The quantitative estimate of drug-likeness (QED) is 0.437. The predicted octanol–water partition coefficient (Wildman–Crippen LogP) is 3.25. The summed E-state index contributed by atoms with van der Waals surface area (Å²) < 4.78 is 18.9. The van der Waals surface area contributed by atoms with Crippen LogP contribution in [0.3, 0.4) is 0 Å². The van der Waals surface area contributed by atoms with Crippen molar-refractivity contribution in [3.8, 4) is 0 Å². The molecular weight excluding hydrogens is 515 g/mol. The number of carbonyl (C=O) groups is 4. The number of hydrogen-bond donors (Lipinski definition) is 1. The number of carbonyl (C=O) groups excluding carboxylic acids is 4. The highest BCUT2D eigenvalue weighted by atomic mass is 19.1. The SMILES string of the molecule is CC(C(=O)Nc1ccc(N2CCOCC2)cc1)N(Cc1ccc(F)cc1)C(=O)CN1C(=O)C(=O)c2ccccc21. The Hall–Kier alpha value is -4.57. The van der Waals surface area contributed by atoms with Gasteiger partial charge in [0, 0.05) is 31.0 Å². The number of rotatable bonds is 8. The van der Waals surface area contributed by atoms with E-state index in [1.165, 1.54) is 35.2 Å². The van der Waals surface area contributed by atoms with E-state index >= 15 is 0 Å². The van der Waals surface area contributed by atoms with Crippen molar-refractivity contribution in [1.29, 1.82) is 0 Å². The van der Waals surface area contributed by atoms with Crippen LogP contribution in [-0.4, -0.2) is 67.3 Å². The third kappa shape index (κ3) is 5.72. The lowest BCUT2D eigenvalue weighted by Crippen LogP contribution is -2.49. The number of para-hydroxylation sites is 1. The van der Waals surface area contributed by atoms with Crippen molar-refractivity contribution in [2.45, 2.75) is 19.5 Å². The summed E-state index contributed by atoms with van der Waals surface area (Å²) in [7, 11) is 0. The molecule has 1 saturated heterocycles. The van der Waals surface area contributed by atoms with Crippen LogP contribution >= 0.6 is 0 Å². The number of amides is 3. The highest BCUT2D eigenvalue weighted by Gasteiger charge is 2.38. The van der Waals surface area contributed by atoms with Crippen LogP contribution in [0, 0.1) is 5.82 Å². The van der Waals surface area contributed by atoms with Gasteiger partial charge in [-0.05, 0) is 61.0 Å². The molecule has 5 rings (SSSR count). The zero-order valence-corrected chi connectivity index (χ0v) is 22.0. The average Bonchev–Trinajstić information content (AvgIpc) is 3.22. The van der Waals surface area contributed by atoms with Gasteiger partial charge in [-0.25, -0.2) is 4.39 Å². The Balaban J connectivity index is 1.33. The van der Waals surface area contributed by atoms with Gasteiger partial charge in [0.15, 0.2) is 0 Å². The number of ether oxygens (including phenoxy) is 1. The first kappa shape index (κ1) is 27.0. The minimum Gasteiger partial charge on any atom is -0.378 e. The van der Waals surface area contributed by atoms with Crippen LogP contribution in [0.5, 0.6) is 0 Å². The van der Waals surface area contributed by atoms with Crippen LogP contribution in [0.2, 0.25) is 0 Å². The smallest absolute Gasteiger partial charge is 0.299 e. The highest BCUT2D eigenvalue weighted by Crippen LogP contribution is 2.28. The molecule has 0 radical (unpaired) electrons. The molecule has 1 N–H and O–H groups in total. The van der Waals surface area contributed by atoms with Gasteiger partial charge in [-0.2, -0.15) is 0 Å². The Kier molecular flexibility index (Phi) is 7.88. The van der Waals surface area contributed by atoms with Gasteiger partial charge in [-0.15, -0.1) is 0 Å². The van der Waals surface area contributed by atoms with E-state index in [1.807, 2.05) is 12.1 Å². The fourth-order valence-electron chi connectivity index (χ4n) is 4.82. The molecule has 0 aliphatic carbocycles. The molecule has 1 atom stereocenters. The first-order valence-corrected chi connectivity index (χ1v) is 13.0. The van der Waals surface area contributed by atoms with Gasteiger partial charge in [-0.3, -0.25) is 24.1 Å². The molecule has 2 heterocycles. The summed E-state index contributed by atoms with van der Waals surface area (Å²) in [6, 6.07) is 18.6. The highest BCUT2D eigenvalue weighted by molar-refractivity contribution is 6.52. The minimum absolute atomic E-state index is 0.00128. The maximum Gasteiger partial charge on any atom is 0.299 e. The Morgan fingerprint density at radius 1 is 0.975 bits per heavy atom. The van der Waals surface area contributed by atoms with Gasteiger partial charge in [0.2, 0.25) is 11.8 Å². The van der Waals surface area contributed by atoms with E-state index in [4.69, 9.17) is 4.74 Å². The first-order chi connectivity index (χ1) is 19.3. The molecule has 0 spiro atoms. The monoisotopic (exact) mass is 544 g/mol. The van der Waals surface area contributed by atoms with Crippen LogP contribution < -0.4 is 15.1 Å². The molecule has 1 unspecified atom stereocenters. The Labute approximate surface area is 231 Å². The number of ketones is 1. The normalized spacial score (nSPS) is 15.6. The summed E-state index contributed by atoms with van der Waals surface area (Å²) in [5, 5.41) is 2.86. The summed E-state index contributed by atoms with van der Waals surface area (Å²) in [6.45, 7) is 4.07. The third-order valence-corrected chi connectivity index (χ3v) is 7.12. The number of halogens is 1. The van der Waals surface area contributed by atoms with Crippen molar-refractivity contribution in [2.24, 2.45) is 0 Å². The predicted molar refractivity (Wildman–Crippen MR) is 148 cm³/mol. The van der Waals surface area contributed by atoms with Crippen molar-refractivity contribution in [1.82, 2.24) is 4.90 Å². The molecular formula is C30H29FN4O5. The van der Waals surface area contributed by atoms with Crippen molar-refractivity contribution in [3.05, 3.63) is 89.7 Å². The number of Topliss-reactive ketones (excluding diaryl/α,β-unsaturated/α-hetero) is 1. The summed E-state index contributed by atoms with van der Waals surface area (Å²) in [6.07, 6.45) is 0. The van der Waals surface area contributed by atoms with Crippen LogP contribution in [0.25, 0.3) is 0 Å². The second kappa shape index (κ2) is 11.7. The van der Waals surface area contributed by atoms with Crippen LogP contribution in [-0.2, 0) is 25.7 Å². The van der Waals surface area contributed by atoms with Crippen molar-refractivity contribution < 1.29 is 28.3 Å². The fourth-order valence-corrected chi connectivity index (χ4v) is 4.82. The number of fused-ring (bicyclic) bond motifs is 1. The first-order valence-electron chi connectivity index (χ1n) is 13.0. The average molecular weight is 545 g/mol. The number of hydrogen-bond acceptors (Lipinski definition) is 6. The van der Waals surface area contributed by atoms with Gasteiger partial charge < -0.3 is 19.9 Å². The largest absolute Gasteiger partial charge is 0.378 e. The second-order valence-electron chi connectivity index (χ2n) is 9.70. The second-order valence-corrected chi connectivity index (χ2v) is 9.70.